The van der Waals surface area contributed by atoms with E-state index in [2.05, 4.69) is 31.2 Å². The molecule has 0 saturated carbocycles. The zero-order valence-corrected chi connectivity index (χ0v) is 12.0. The van der Waals surface area contributed by atoms with Crippen LogP contribution >= 0.6 is 15.9 Å². The number of hydrogen-bond acceptors (Lipinski definition) is 3. The summed E-state index contributed by atoms with van der Waals surface area (Å²) < 4.78 is 2.46. The van der Waals surface area contributed by atoms with E-state index >= 15 is 0 Å². The first-order chi connectivity index (χ1) is 8.50. The van der Waals surface area contributed by atoms with Gasteiger partial charge in [0.2, 0.25) is 0 Å². The molecule has 0 radical (unpaired) electrons. The number of nitrogens with zero attached hydrogens (tertiary/aromatic N) is 4. The van der Waals surface area contributed by atoms with E-state index in [0.29, 0.717) is 16.7 Å². The summed E-state index contributed by atoms with van der Waals surface area (Å²) in [6.45, 7) is 2.50. The van der Waals surface area contributed by atoms with Gasteiger partial charge in [-0.15, -0.1) is 0 Å². The van der Waals surface area contributed by atoms with E-state index in [0.717, 1.165) is 11.3 Å². The maximum absolute atomic E-state index is 12.1. The largest absolute Gasteiger partial charge is 0.336 e. The second-order valence-electron chi connectivity index (χ2n) is 4.13. The van der Waals surface area contributed by atoms with Gasteiger partial charge in [0.1, 0.15) is 5.69 Å². The van der Waals surface area contributed by atoms with E-state index < -0.39 is 0 Å². The maximum Gasteiger partial charge on any atom is 0.273 e. The lowest BCUT2D eigenvalue weighted by atomic mass is 10.2. The molecule has 0 atom stereocenters. The minimum absolute atomic E-state index is 0.109. The number of aromatic amines is 1. The normalized spacial score (nSPS) is 10.7. The number of hydrogen-bond donors (Lipinski definition) is 1. The third-order valence-corrected chi connectivity index (χ3v) is 3.50. The predicted molar refractivity (Wildman–Crippen MR) is 70.0 cm³/mol. The average molecular weight is 312 g/mol. The number of carbonyl (C=O) groups excluding carboxylic acids is 1. The van der Waals surface area contributed by atoms with Crippen molar-refractivity contribution in [2.24, 2.45) is 7.05 Å². The molecule has 2 aromatic heterocycles. The van der Waals surface area contributed by atoms with Crippen molar-refractivity contribution in [3.05, 3.63) is 33.8 Å². The summed E-state index contributed by atoms with van der Waals surface area (Å²) in [6.07, 6.45) is 3.34. The summed E-state index contributed by atoms with van der Waals surface area (Å²) in [6, 6.07) is 0. The molecular weight excluding hydrogens is 298 g/mol. The molecule has 0 bridgehead atoms. The van der Waals surface area contributed by atoms with Crippen molar-refractivity contribution in [3.8, 4) is 0 Å². The summed E-state index contributed by atoms with van der Waals surface area (Å²) in [5.41, 5.74) is 2.54. The molecule has 0 aromatic carbocycles. The lowest BCUT2D eigenvalue weighted by molar-refractivity contribution is 0.0778. The molecule has 6 nitrogen and oxygen atoms in total. The number of amides is 1. The predicted octanol–water partition coefficient (Wildman–Crippen LogP) is 1.49. The standard InChI is InChI=1S/C11H14BrN5O/c1-7-8(4-14-17(7)3)6-16(2)11(18)10-9(12)5-13-15-10/h4-5H,6H2,1-3H3,(H,13,15). The highest BCUT2D eigenvalue weighted by molar-refractivity contribution is 9.10. The van der Waals surface area contributed by atoms with Gasteiger partial charge in [-0.1, -0.05) is 0 Å². The van der Waals surface area contributed by atoms with Gasteiger partial charge in [0.25, 0.3) is 5.91 Å². The van der Waals surface area contributed by atoms with E-state index in [-0.39, 0.29) is 5.91 Å². The summed E-state index contributed by atoms with van der Waals surface area (Å²) in [5.74, 6) is -0.109. The van der Waals surface area contributed by atoms with Crippen LogP contribution in [0.25, 0.3) is 0 Å². The molecule has 2 heterocycles. The van der Waals surface area contributed by atoms with Crippen molar-refractivity contribution in [2.75, 3.05) is 7.05 Å². The molecule has 96 valence electrons. The highest BCUT2D eigenvalue weighted by Crippen LogP contribution is 2.16. The fourth-order valence-corrected chi connectivity index (χ4v) is 2.00. The Morgan fingerprint density at radius 1 is 1.56 bits per heavy atom. The third-order valence-electron chi connectivity index (χ3n) is 2.90. The van der Waals surface area contributed by atoms with E-state index in [1.807, 2.05) is 14.0 Å². The van der Waals surface area contributed by atoms with Crippen molar-refractivity contribution in [1.82, 2.24) is 24.9 Å². The number of aryl methyl sites for hydroxylation is 1. The van der Waals surface area contributed by atoms with Crippen LogP contribution in [0.3, 0.4) is 0 Å². The van der Waals surface area contributed by atoms with Gasteiger partial charge in [-0.3, -0.25) is 14.6 Å². The van der Waals surface area contributed by atoms with Crippen LogP contribution in [0.5, 0.6) is 0 Å². The van der Waals surface area contributed by atoms with E-state index in [1.165, 1.54) is 0 Å². The Morgan fingerprint density at radius 3 is 2.78 bits per heavy atom. The third kappa shape index (κ3) is 2.31. The molecular formula is C11H14BrN5O. The molecule has 1 amide bonds. The van der Waals surface area contributed by atoms with E-state index in [9.17, 15) is 4.79 Å². The number of H-pyrrole nitrogens is 1. The molecule has 0 saturated heterocycles. The van der Waals surface area contributed by atoms with Crippen molar-refractivity contribution in [3.63, 3.8) is 0 Å². The Bertz CT molecular complexity index is 574. The minimum atomic E-state index is -0.109. The number of rotatable bonds is 3. The zero-order chi connectivity index (χ0) is 13.3. The summed E-state index contributed by atoms with van der Waals surface area (Å²) in [7, 11) is 3.63. The molecule has 0 unspecified atom stereocenters. The Morgan fingerprint density at radius 2 is 2.28 bits per heavy atom. The Balaban J connectivity index is 2.13. The fraction of sp³-hybridized carbons (Fsp3) is 0.364. The van der Waals surface area contributed by atoms with E-state index in [4.69, 9.17) is 0 Å². The van der Waals surface area contributed by atoms with E-state index in [1.54, 1.807) is 29.0 Å². The highest BCUT2D eigenvalue weighted by atomic mass is 79.9. The van der Waals surface area contributed by atoms with Gasteiger partial charge in [0.05, 0.1) is 16.9 Å². The van der Waals surface area contributed by atoms with Gasteiger partial charge >= 0.3 is 0 Å². The first kappa shape index (κ1) is 12.8. The lowest BCUT2D eigenvalue weighted by Crippen LogP contribution is -2.27. The molecule has 0 fully saturated rings. The second-order valence-corrected chi connectivity index (χ2v) is 4.99. The molecule has 0 spiro atoms. The number of nitrogens with one attached hydrogen (secondary N) is 1. The fourth-order valence-electron chi connectivity index (χ4n) is 1.64. The van der Waals surface area contributed by atoms with Crippen LogP contribution in [0.1, 0.15) is 21.7 Å². The number of aromatic nitrogens is 4. The molecule has 0 aliphatic carbocycles. The second kappa shape index (κ2) is 4.93. The van der Waals surface area contributed by atoms with Crippen LogP contribution in [0.2, 0.25) is 0 Å². The summed E-state index contributed by atoms with van der Waals surface area (Å²) >= 11 is 3.28. The van der Waals surface area contributed by atoms with Gasteiger partial charge in [-0.2, -0.15) is 10.2 Å². The van der Waals surface area contributed by atoms with Gasteiger partial charge in [0.15, 0.2) is 0 Å². The zero-order valence-electron chi connectivity index (χ0n) is 10.4. The maximum atomic E-state index is 12.1. The molecule has 1 N–H and O–H groups in total. The molecule has 0 aliphatic heterocycles. The highest BCUT2D eigenvalue weighted by Gasteiger charge is 2.18. The van der Waals surface area contributed by atoms with Crippen LogP contribution in [-0.2, 0) is 13.6 Å². The molecule has 7 heteroatoms. The quantitative estimate of drug-likeness (QED) is 0.933. The topological polar surface area (TPSA) is 66.8 Å². The smallest absolute Gasteiger partial charge is 0.273 e. The average Bonchev–Trinajstić information content (AvgIpc) is 2.89. The van der Waals surface area contributed by atoms with Crippen molar-refractivity contribution in [2.45, 2.75) is 13.5 Å². The van der Waals surface area contributed by atoms with Gasteiger partial charge in [-0.25, -0.2) is 0 Å². The Kier molecular flexibility index (Phi) is 3.51. The van der Waals surface area contributed by atoms with Gasteiger partial charge in [-0.05, 0) is 22.9 Å². The lowest BCUT2D eigenvalue weighted by Gasteiger charge is -2.16. The summed E-state index contributed by atoms with van der Waals surface area (Å²) in [4.78, 5) is 13.8. The first-order valence-corrected chi connectivity index (χ1v) is 6.21. The molecule has 18 heavy (non-hydrogen) atoms. The summed E-state index contributed by atoms with van der Waals surface area (Å²) in [5, 5.41) is 10.7. The number of halogens is 1. The molecule has 2 aromatic rings. The Hall–Kier alpha value is -1.63. The van der Waals surface area contributed by atoms with Crippen molar-refractivity contribution >= 4 is 21.8 Å². The van der Waals surface area contributed by atoms with Crippen molar-refractivity contribution in [1.29, 1.82) is 0 Å². The van der Waals surface area contributed by atoms with Crippen LogP contribution in [-0.4, -0.2) is 37.8 Å². The SMILES string of the molecule is Cc1c(CN(C)C(=O)c2[nH]ncc2Br)cnn1C. The van der Waals surface area contributed by atoms with Crippen LogP contribution in [0.4, 0.5) is 0 Å². The van der Waals surface area contributed by atoms with Gasteiger partial charge < -0.3 is 4.90 Å². The monoisotopic (exact) mass is 311 g/mol. The van der Waals surface area contributed by atoms with Crippen molar-refractivity contribution < 1.29 is 4.79 Å². The Labute approximate surface area is 113 Å². The van der Waals surface area contributed by atoms with Crippen LogP contribution < -0.4 is 0 Å². The molecule has 2 rings (SSSR count). The van der Waals surface area contributed by atoms with Crippen LogP contribution in [0, 0.1) is 6.92 Å². The van der Waals surface area contributed by atoms with Crippen LogP contribution in [0.15, 0.2) is 16.9 Å². The van der Waals surface area contributed by atoms with Gasteiger partial charge in [0, 0.05) is 31.9 Å². The minimum Gasteiger partial charge on any atom is -0.336 e. The molecule has 0 aliphatic rings. The first-order valence-electron chi connectivity index (χ1n) is 5.42. The number of carbonyl (C=O) groups is 1.